The molecule has 0 N–H and O–H groups in total. The molecular formula is C17H22N4. The first kappa shape index (κ1) is 14.1. The molecule has 2 aromatic rings. The minimum Gasteiger partial charge on any atom is -0.299 e. The van der Waals surface area contributed by atoms with E-state index in [1.165, 1.54) is 24.1 Å². The second kappa shape index (κ2) is 6.31. The summed E-state index contributed by atoms with van der Waals surface area (Å²) in [5, 5.41) is 0. The van der Waals surface area contributed by atoms with Gasteiger partial charge in [-0.25, -0.2) is 9.97 Å². The van der Waals surface area contributed by atoms with Gasteiger partial charge in [0.1, 0.15) is 5.82 Å². The third-order valence-corrected chi connectivity index (χ3v) is 4.29. The zero-order valence-corrected chi connectivity index (χ0v) is 12.8. The maximum Gasteiger partial charge on any atom is 0.125 e. The quantitative estimate of drug-likeness (QED) is 0.868. The minimum absolute atomic E-state index is 0.609. The molecule has 4 nitrogen and oxygen atoms in total. The van der Waals surface area contributed by atoms with Crippen molar-refractivity contribution in [2.45, 2.75) is 39.2 Å². The van der Waals surface area contributed by atoms with Gasteiger partial charge >= 0.3 is 0 Å². The Labute approximate surface area is 126 Å². The van der Waals surface area contributed by atoms with Crippen molar-refractivity contribution in [3.63, 3.8) is 0 Å². The van der Waals surface area contributed by atoms with Crippen LogP contribution in [-0.2, 0) is 6.54 Å². The molecule has 3 rings (SSSR count). The standard InChI is InChI=1S/C17H22N4/c1-13-16(11-19-14(2)20-13)12-21-9-6-15(7-10-21)17-5-3-4-8-18-17/h3-5,8,11,15H,6-7,9-10,12H2,1-2H3. The van der Waals surface area contributed by atoms with Crippen LogP contribution in [0.25, 0.3) is 0 Å². The Kier molecular flexibility index (Phi) is 4.25. The average Bonchev–Trinajstić information content (AvgIpc) is 2.52. The molecule has 0 atom stereocenters. The molecule has 0 spiro atoms. The summed E-state index contributed by atoms with van der Waals surface area (Å²) in [7, 11) is 0. The number of likely N-dealkylation sites (tertiary alicyclic amines) is 1. The lowest BCUT2D eigenvalue weighted by Crippen LogP contribution is -2.33. The fourth-order valence-corrected chi connectivity index (χ4v) is 3.01. The molecule has 21 heavy (non-hydrogen) atoms. The molecule has 0 saturated carbocycles. The van der Waals surface area contributed by atoms with Crippen molar-refractivity contribution in [3.8, 4) is 0 Å². The molecule has 4 heteroatoms. The zero-order valence-electron chi connectivity index (χ0n) is 12.8. The van der Waals surface area contributed by atoms with E-state index in [9.17, 15) is 0 Å². The molecule has 1 saturated heterocycles. The topological polar surface area (TPSA) is 41.9 Å². The van der Waals surface area contributed by atoms with E-state index >= 15 is 0 Å². The van der Waals surface area contributed by atoms with E-state index < -0.39 is 0 Å². The Bertz CT molecular complexity index is 589. The molecule has 0 unspecified atom stereocenters. The van der Waals surface area contributed by atoms with E-state index in [0.29, 0.717) is 5.92 Å². The van der Waals surface area contributed by atoms with Gasteiger partial charge in [0.05, 0.1) is 0 Å². The smallest absolute Gasteiger partial charge is 0.125 e. The van der Waals surface area contributed by atoms with Gasteiger partial charge in [-0.05, 0) is 51.9 Å². The fraction of sp³-hybridized carbons (Fsp3) is 0.471. The van der Waals surface area contributed by atoms with E-state index in [4.69, 9.17) is 0 Å². The van der Waals surface area contributed by atoms with Crippen LogP contribution in [0.5, 0.6) is 0 Å². The van der Waals surface area contributed by atoms with Crippen LogP contribution in [-0.4, -0.2) is 32.9 Å². The van der Waals surface area contributed by atoms with Crippen LogP contribution >= 0.6 is 0 Å². The van der Waals surface area contributed by atoms with Gasteiger partial charge in [0, 0.05) is 41.8 Å². The highest BCUT2D eigenvalue weighted by Gasteiger charge is 2.21. The molecule has 0 aliphatic carbocycles. The second-order valence-electron chi connectivity index (χ2n) is 5.83. The fourth-order valence-electron chi connectivity index (χ4n) is 3.01. The van der Waals surface area contributed by atoms with Crippen LogP contribution in [0, 0.1) is 13.8 Å². The van der Waals surface area contributed by atoms with Crippen LogP contribution in [0.3, 0.4) is 0 Å². The van der Waals surface area contributed by atoms with Gasteiger partial charge in [0.25, 0.3) is 0 Å². The van der Waals surface area contributed by atoms with Crippen molar-refractivity contribution in [2.75, 3.05) is 13.1 Å². The van der Waals surface area contributed by atoms with E-state index in [1.54, 1.807) is 0 Å². The van der Waals surface area contributed by atoms with Crippen LogP contribution in [0.4, 0.5) is 0 Å². The van der Waals surface area contributed by atoms with Gasteiger partial charge in [-0.1, -0.05) is 6.07 Å². The normalized spacial score (nSPS) is 17.0. The number of rotatable bonds is 3. The SMILES string of the molecule is Cc1ncc(CN2CCC(c3ccccn3)CC2)c(C)n1. The van der Waals surface area contributed by atoms with Crippen LogP contribution in [0.1, 0.15) is 41.5 Å². The van der Waals surface area contributed by atoms with Crippen molar-refractivity contribution in [2.24, 2.45) is 0 Å². The number of aryl methyl sites for hydroxylation is 2. The molecule has 110 valence electrons. The first-order valence-corrected chi connectivity index (χ1v) is 7.65. The Hall–Kier alpha value is -1.81. The van der Waals surface area contributed by atoms with E-state index in [2.05, 4.69) is 38.9 Å². The van der Waals surface area contributed by atoms with Crippen molar-refractivity contribution in [3.05, 3.63) is 53.4 Å². The second-order valence-corrected chi connectivity index (χ2v) is 5.83. The molecule has 1 fully saturated rings. The number of piperidine rings is 1. The predicted octanol–water partition coefficient (Wildman–Crippen LogP) is 2.87. The van der Waals surface area contributed by atoms with Crippen LogP contribution in [0.2, 0.25) is 0 Å². The predicted molar refractivity (Wildman–Crippen MR) is 83.0 cm³/mol. The lowest BCUT2D eigenvalue weighted by molar-refractivity contribution is 0.202. The monoisotopic (exact) mass is 282 g/mol. The van der Waals surface area contributed by atoms with Crippen molar-refractivity contribution in [1.29, 1.82) is 0 Å². The number of hydrogen-bond donors (Lipinski definition) is 0. The third kappa shape index (κ3) is 3.45. The van der Waals surface area contributed by atoms with Gasteiger partial charge in [-0.15, -0.1) is 0 Å². The Morgan fingerprint density at radius 2 is 1.95 bits per heavy atom. The summed E-state index contributed by atoms with van der Waals surface area (Å²) in [5.74, 6) is 1.46. The summed E-state index contributed by atoms with van der Waals surface area (Å²) in [5.41, 5.74) is 3.60. The molecule has 2 aromatic heterocycles. The van der Waals surface area contributed by atoms with Crippen LogP contribution in [0.15, 0.2) is 30.6 Å². The Morgan fingerprint density at radius 3 is 2.62 bits per heavy atom. The molecule has 0 bridgehead atoms. The zero-order chi connectivity index (χ0) is 14.7. The number of aromatic nitrogens is 3. The summed E-state index contributed by atoms with van der Waals surface area (Å²) in [6.07, 6.45) is 6.24. The maximum atomic E-state index is 4.50. The lowest BCUT2D eigenvalue weighted by Gasteiger charge is -2.31. The molecule has 0 radical (unpaired) electrons. The molecule has 1 aliphatic rings. The Balaban J connectivity index is 1.59. The highest BCUT2D eigenvalue weighted by Crippen LogP contribution is 2.27. The molecule has 0 aromatic carbocycles. The highest BCUT2D eigenvalue weighted by molar-refractivity contribution is 5.16. The van der Waals surface area contributed by atoms with Gasteiger partial charge in [-0.2, -0.15) is 0 Å². The molecule has 1 aliphatic heterocycles. The summed E-state index contributed by atoms with van der Waals surface area (Å²) < 4.78 is 0. The van der Waals surface area contributed by atoms with E-state index in [-0.39, 0.29) is 0 Å². The van der Waals surface area contributed by atoms with Crippen molar-refractivity contribution in [1.82, 2.24) is 19.9 Å². The number of nitrogens with zero attached hydrogens (tertiary/aromatic N) is 4. The summed E-state index contributed by atoms with van der Waals surface area (Å²) in [6, 6.07) is 6.22. The first-order valence-electron chi connectivity index (χ1n) is 7.65. The largest absolute Gasteiger partial charge is 0.299 e. The van der Waals surface area contributed by atoms with Gasteiger partial charge in [0.15, 0.2) is 0 Å². The van der Waals surface area contributed by atoms with Crippen molar-refractivity contribution >= 4 is 0 Å². The Morgan fingerprint density at radius 1 is 1.14 bits per heavy atom. The van der Waals surface area contributed by atoms with Gasteiger partial charge in [-0.3, -0.25) is 9.88 Å². The number of pyridine rings is 1. The van der Waals surface area contributed by atoms with E-state index in [1.807, 2.05) is 25.4 Å². The van der Waals surface area contributed by atoms with Gasteiger partial charge in [0.2, 0.25) is 0 Å². The van der Waals surface area contributed by atoms with Crippen LogP contribution < -0.4 is 0 Å². The lowest BCUT2D eigenvalue weighted by atomic mass is 9.93. The number of hydrogen-bond acceptors (Lipinski definition) is 4. The molecule has 0 amide bonds. The summed E-state index contributed by atoms with van der Waals surface area (Å²) in [6.45, 7) is 7.21. The van der Waals surface area contributed by atoms with Crippen molar-refractivity contribution < 1.29 is 0 Å². The summed E-state index contributed by atoms with van der Waals surface area (Å²) in [4.78, 5) is 15.8. The highest BCUT2D eigenvalue weighted by atomic mass is 15.1. The minimum atomic E-state index is 0.609. The first-order chi connectivity index (χ1) is 10.2. The summed E-state index contributed by atoms with van der Waals surface area (Å²) >= 11 is 0. The van der Waals surface area contributed by atoms with Gasteiger partial charge < -0.3 is 0 Å². The molecule has 3 heterocycles. The third-order valence-electron chi connectivity index (χ3n) is 4.29. The van der Waals surface area contributed by atoms with E-state index in [0.717, 1.165) is 31.2 Å². The molecular weight excluding hydrogens is 260 g/mol. The average molecular weight is 282 g/mol. The maximum absolute atomic E-state index is 4.50.